The van der Waals surface area contributed by atoms with Gasteiger partial charge < -0.3 is 9.73 Å². The number of hydrogen-bond acceptors (Lipinski definition) is 2. The zero-order valence-corrected chi connectivity index (χ0v) is 14.3. The molecule has 0 unspecified atom stereocenters. The van der Waals surface area contributed by atoms with Crippen LogP contribution in [0.1, 0.15) is 31.9 Å². The Morgan fingerprint density at radius 3 is 2.43 bits per heavy atom. The summed E-state index contributed by atoms with van der Waals surface area (Å²) in [4.78, 5) is 0. The van der Waals surface area contributed by atoms with E-state index in [1.54, 1.807) is 6.07 Å². The highest BCUT2D eigenvalue weighted by Crippen LogP contribution is 2.28. The summed E-state index contributed by atoms with van der Waals surface area (Å²) in [6.45, 7) is 3.97. The van der Waals surface area contributed by atoms with E-state index in [9.17, 15) is 0 Å². The van der Waals surface area contributed by atoms with Crippen molar-refractivity contribution in [2.24, 2.45) is 0 Å². The Labute approximate surface area is 142 Å². The van der Waals surface area contributed by atoms with Gasteiger partial charge in [0.15, 0.2) is 0 Å². The van der Waals surface area contributed by atoms with Gasteiger partial charge in [-0.2, -0.15) is 0 Å². The summed E-state index contributed by atoms with van der Waals surface area (Å²) in [5.74, 6) is 1.72. The van der Waals surface area contributed by atoms with Crippen LogP contribution in [-0.2, 0) is 6.54 Å². The van der Waals surface area contributed by atoms with Gasteiger partial charge in [0.05, 0.1) is 6.54 Å². The van der Waals surface area contributed by atoms with Gasteiger partial charge in [-0.15, -0.1) is 12.4 Å². The lowest BCUT2D eigenvalue weighted by Crippen LogP contribution is -2.13. The third kappa shape index (κ3) is 5.91. The fourth-order valence-corrected chi connectivity index (χ4v) is 2.56. The van der Waals surface area contributed by atoms with E-state index >= 15 is 0 Å². The largest absolute Gasteiger partial charge is 0.460 e. The Kier molecular flexibility index (Phi) is 8.20. The minimum absolute atomic E-state index is 0. The molecule has 0 atom stereocenters. The molecule has 0 spiro atoms. The molecule has 0 saturated carbocycles. The van der Waals surface area contributed by atoms with Crippen molar-refractivity contribution in [2.75, 3.05) is 6.54 Å². The van der Waals surface area contributed by atoms with Gasteiger partial charge in [-0.3, -0.25) is 0 Å². The maximum Gasteiger partial charge on any atom is 0.134 e. The number of benzene rings is 1. The monoisotopic (exact) mass is 347 g/mol. The zero-order chi connectivity index (χ0) is 14.4. The van der Waals surface area contributed by atoms with Crippen LogP contribution < -0.4 is 5.32 Å². The van der Waals surface area contributed by atoms with Gasteiger partial charge in [0.1, 0.15) is 11.5 Å². The van der Waals surface area contributed by atoms with Gasteiger partial charge in [-0.25, -0.2) is 0 Å². The van der Waals surface area contributed by atoms with Gasteiger partial charge in [-0.05, 0) is 43.3 Å². The molecule has 0 saturated heterocycles. The summed E-state index contributed by atoms with van der Waals surface area (Å²) in [7, 11) is 0. The fraction of sp³-hybridized carbons (Fsp3) is 0.375. The maximum absolute atomic E-state index is 6.00. The van der Waals surface area contributed by atoms with E-state index in [-0.39, 0.29) is 12.4 Å². The molecule has 5 heteroatoms. The van der Waals surface area contributed by atoms with E-state index in [0.29, 0.717) is 10.0 Å². The summed E-state index contributed by atoms with van der Waals surface area (Å²) < 4.78 is 5.81. The predicted octanol–water partition coefficient (Wildman–Crippen LogP) is 5.96. The smallest absolute Gasteiger partial charge is 0.134 e. The van der Waals surface area contributed by atoms with Gasteiger partial charge >= 0.3 is 0 Å². The van der Waals surface area contributed by atoms with E-state index in [1.807, 2.05) is 24.3 Å². The average Bonchev–Trinajstić information content (AvgIpc) is 2.86. The molecule has 2 rings (SSSR count). The molecule has 0 bridgehead atoms. The number of rotatable bonds is 7. The van der Waals surface area contributed by atoms with Crippen LogP contribution in [0.2, 0.25) is 10.0 Å². The Morgan fingerprint density at radius 1 is 1.05 bits per heavy atom. The average molecular weight is 349 g/mol. The number of hydrogen-bond donors (Lipinski definition) is 1. The number of nitrogens with one attached hydrogen (secondary N) is 1. The summed E-state index contributed by atoms with van der Waals surface area (Å²) in [5, 5.41) is 4.61. The SMILES string of the molecule is CCCCCNCc1ccc(-c2cc(Cl)cc(Cl)c2)o1.Cl. The standard InChI is InChI=1S/C16H19Cl2NO.ClH/c1-2-3-4-7-19-11-15-5-6-16(20-15)12-8-13(17)10-14(18)9-12;/h5-6,8-10,19H,2-4,7,11H2,1H3;1H. The molecule has 21 heavy (non-hydrogen) atoms. The van der Waals surface area contributed by atoms with Gasteiger partial charge in [-0.1, -0.05) is 43.0 Å². The fourth-order valence-electron chi connectivity index (χ4n) is 2.04. The highest BCUT2D eigenvalue weighted by atomic mass is 35.5. The van der Waals surface area contributed by atoms with Crippen LogP contribution in [0, 0.1) is 0 Å². The Balaban J connectivity index is 0.00000220. The lowest BCUT2D eigenvalue weighted by Gasteiger charge is -2.02. The first-order valence-corrected chi connectivity index (χ1v) is 7.70. The minimum Gasteiger partial charge on any atom is -0.460 e. The molecule has 1 N–H and O–H groups in total. The quantitative estimate of drug-likeness (QED) is 0.625. The van der Waals surface area contributed by atoms with E-state index < -0.39 is 0 Å². The normalized spacial score (nSPS) is 10.4. The molecule has 0 aliphatic carbocycles. The minimum atomic E-state index is 0. The molecule has 0 fully saturated rings. The van der Waals surface area contributed by atoms with Crippen LogP contribution >= 0.6 is 35.6 Å². The molecule has 1 aromatic heterocycles. The van der Waals surface area contributed by atoms with Crippen molar-refractivity contribution >= 4 is 35.6 Å². The summed E-state index contributed by atoms with van der Waals surface area (Å²) in [5.41, 5.74) is 0.903. The highest BCUT2D eigenvalue weighted by Gasteiger charge is 2.06. The second-order valence-corrected chi connectivity index (χ2v) is 5.68. The van der Waals surface area contributed by atoms with Crippen LogP contribution in [0.15, 0.2) is 34.7 Å². The van der Waals surface area contributed by atoms with Gasteiger partial charge in [0.25, 0.3) is 0 Å². The molecule has 116 valence electrons. The molecule has 0 amide bonds. The van der Waals surface area contributed by atoms with Crippen molar-refractivity contribution in [1.29, 1.82) is 0 Å². The zero-order valence-electron chi connectivity index (χ0n) is 12.0. The van der Waals surface area contributed by atoms with Crippen molar-refractivity contribution in [1.82, 2.24) is 5.32 Å². The molecule has 1 heterocycles. The van der Waals surface area contributed by atoms with Crippen LogP contribution in [0.4, 0.5) is 0 Å². The van der Waals surface area contributed by atoms with Crippen molar-refractivity contribution in [3.63, 3.8) is 0 Å². The Bertz CT molecular complexity index is 534. The maximum atomic E-state index is 6.00. The Hall–Kier alpha value is -0.670. The predicted molar refractivity (Wildman–Crippen MR) is 92.6 cm³/mol. The van der Waals surface area contributed by atoms with Gasteiger partial charge in [0, 0.05) is 15.6 Å². The summed E-state index contributed by atoms with van der Waals surface area (Å²) in [6.07, 6.45) is 3.70. The molecule has 1 aromatic carbocycles. The Morgan fingerprint density at radius 2 is 1.76 bits per heavy atom. The van der Waals surface area contributed by atoms with Crippen molar-refractivity contribution in [3.05, 3.63) is 46.1 Å². The molecular weight excluding hydrogens is 329 g/mol. The number of halogens is 3. The van der Waals surface area contributed by atoms with Crippen LogP contribution in [0.3, 0.4) is 0 Å². The summed E-state index contributed by atoms with van der Waals surface area (Å²) >= 11 is 12.0. The molecule has 0 radical (unpaired) electrons. The third-order valence-corrected chi connectivity index (χ3v) is 3.50. The van der Waals surface area contributed by atoms with Crippen LogP contribution in [-0.4, -0.2) is 6.54 Å². The first-order valence-electron chi connectivity index (χ1n) is 6.95. The van der Waals surface area contributed by atoms with E-state index in [2.05, 4.69) is 12.2 Å². The van der Waals surface area contributed by atoms with Crippen molar-refractivity contribution in [3.8, 4) is 11.3 Å². The number of unbranched alkanes of at least 4 members (excludes halogenated alkanes) is 2. The molecule has 2 nitrogen and oxygen atoms in total. The second-order valence-electron chi connectivity index (χ2n) is 4.81. The van der Waals surface area contributed by atoms with E-state index in [0.717, 1.165) is 30.2 Å². The second kappa shape index (κ2) is 9.37. The number of furan rings is 1. The van der Waals surface area contributed by atoms with Crippen molar-refractivity contribution in [2.45, 2.75) is 32.7 Å². The molecule has 0 aliphatic rings. The topological polar surface area (TPSA) is 25.2 Å². The van der Waals surface area contributed by atoms with Crippen LogP contribution in [0.25, 0.3) is 11.3 Å². The lowest BCUT2D eigenvalue weighted by molar-refractivity contribution is 0.488. The third-order valence-electron chi connectivity index (χ3n) is 3.07. The summed E-state index contributed by atoms with van der Waals surface area (Å²) in [6, 6.07) is 9.35. The lowest BCUT2D eigenvalue weighted by atomic mass is 10.2. The first-order chi connectivity index (χ1) is 9.69. The highest BCUT2D eigenvalue weighted by molar-refractivity contribution is 6.35. The van der Waals surface area contributed by atoms with E-state index in [4.69, 9.17) is 27.6 Å². The van der Waals surface area contributed by atoms with Crippen molar-refractivity contribution < 1.29 is 4.42 Å². The van der Waals surface area contributed by atoms with E-state index in [1.165, 1.54) is 19.3 Å². The first kappa shape index (κ1) is 18.4. The van der Waals surface area contributed by atoms with Gasteiger partial charge in [0.2, 0.25) is 0 Å². The molecule has 2 aromatic rings. The molecule has 0 aliphatic heterocycles. The molecular formula is C16H20Cl3NO. The van der Waals surface area contributed by atoms with Crippen LogP contribution in [0.5, 0.6) is 0 Å².